The van der Waals surface area contributed by atoms with Gasteiger partial charge in [-0.2, -0.15) is 0 Å². The lowest BCUT2D eigenvalue weighted by molar-refractivity contribution is 0.0974. The minimum absolute atomic E-state index is 0.147. The number of nitrogens with one attached hydrogen (secondary N) is 2. The summed E-state index contributed by atoms with van der Waals surface area (Å²) < 4.78 is 17.4. The van der Waals surface area contributed by atoms with Crippen molar-refractivity contribution in [2.45, 2.75) is 0 Å². The summed E-state index contributed by atoms with van der Waals surface area (Å²) in [6, 6.07) is 18.3. The molecule has 0 aliphatic heterocycles. The standard InChI is InChI=1S/C23H18IN3O4S/c1-29-16-7-8-17(20(12-16)30-2)21(28)27-23(32)25-15-6-9-19-18(11-15)26-22(31-19)13-4-3-5-14(24)10-13/h3-12H,1-2H3,(H2,25,27,28,32). The van der Waals surface area contributed by atoms with E-state index < -0.39 is 5.91 Å². The molecule has 0 aliphatic rings. The molecule has 0 spiro atoms. The van der Waals surface area contributed by atoms with Crippen LogP contribution in [0.1, 0.15) is 10.4 Å². The Bertz CT molecular complexity index is 1320. The van der Waals surface area contributed by atoms with E-state index in [9.17, 15) is 4.79 Å². The Hall–Kier alpha value is -3.18. The van der Waals surface area contributed by atoms with Crippen LogP contribution >= 0.6 is 34.8 Å². The fourth-order valence-corrected chi connectivity index (χ4v) is 3.82. The van der Waals surface area contributed by atoms with E-state index in [0.29, 0.717) is 39.7 Å². The van der Waals surface area contributed by atoms with Gasteiger partial charge in [0.1, 0.15) is 17.0 Å². The molecule has 32 heavy (non-hydrogen) atoms. The highest BCUT2D eigenvalue weighted by atomic mass is 127. The molecule has 9 heteroatoms. The Labute approximate surface area is 203 Å². The first-order valence-electron chi connectivity index (χ1n) is 9.47. The number of oxazole rings is 1. The summed E-state index contributed by atoms with van der Waals surface area (Å²) in [6.45, 7) is 0. The molecular formula is C23H18IN3O4S. The van der Waals surface area contributed by atoms with Crippen molar-refractivity contribution in [2.75, 3.05) is 19.5 Å². The maximum atomic E-state index is 12.6. The Morgan fingerprint density at radius 3 is 2.66 bits per heavy atom. The summed E-state index contributed by atoms with van der Waals surface area (Å²) in [6.07, 6.45) is 0. The van der Waals surface area contributed by atoms with E-state index in [2.05, 4.69) is 38.2 Å². The Morgan fingerprint density at radius 1 is 1.06 bits per heavy atom. The second-order valence-corrected chi connectivity index (χ2v) is 8.34. The van der Waals surface area contributed by atoms with Crippen molar-refractivity contribution in [1.82, 2.24) is 10.3 Å². The number of carbonyl (C=O) groups excluding carboxylic acids is 1. The fourth-order valence-electron chi connectivity index (χ4n) is 3.07. The molecular weight excluding hydrogens is 541 g/mol. The number of nitrogens with zero attached hydrogens (tertiary/aromatic N) is 1. The third-order valence-electron chi connectivity index (χ3n) is 4.60. The van der Waals surface area contributed by atoms with E-state index >= 15 is 0 Å². The van der Waals surface area contributed by atoms with Gasteiger partial charge < -0.3 is 19.2 Å². The van der Waals surface area contributed by atoms with E-state index in [1.807, 2.05) is 30.3 Å². The summed E-state index contributed by atoms with van der Waals surface area (Å²) in [7, 11) is 3.03. The number of thiocarbonyl (C=S) groups is 1. The maximum Gasteiger partial charge on any atom is 0.261 e. The molecule has 4 rings (SSSR count). The fraction of sp³-hybridized carbons (Fsp3) is 0.0870. The zero-order chi connectivity index (χ0) is 22.7. The van der Waals surface area contributed by atoms with Gasteiger partial charge in [-0.25, -0.2) is 4.98 Å². The number of anilines is 1. The zero-order valence-electron chi connectivity index (χ0n) is 17.1. The predicted octanol–water partition coefficient (Wildman–Crippen LogP) is 5.24. The lowest BCUT2D eigenvalue weighted by atomic mass is 10.2. The average molecular weight is 559 g/mol. The molecule has 162 valence electrons. The molecule has 1 heterocycles. The van der Waals surface area contributed by atoms with E-state index in [0.717, 1.165) is 9.13 Å². The summed E-state index contributed by atoms with van der Waals surface area (Å²) in [4.78, 5) is 17.2. The first-order chi connectivity index (χ1) is 15.5. The van der Waals surface area contributed by atoms with Crippen LogP contribution in [0.25, 0.3) is 22.6 Å². The van der Waals surface area contributed by atoms with Crippen molar-refractivity contribution in [3.05, 3.63) is 69.8 Å². The van der Waals surface area contributed by atoms with Crippen LogP contribution < -0.4 is 20.1 Å². The maximum absolute atomic E-state index is 12.6. The second-order valence-electron chi connectivity index (χ2n) is 6.69. The zero-order valence-corrected chi connectivity index (χ0v) is 20.1. The highest BCUT2D eigenvalue weighted by molar-refractivity contribution is 14.1. The number of rotatable bonds is 5. The van der Waals surface area contributed by atoms with Crippen LogP contribution in [-0.2, 0) is 0 Å². The van der Waals surface area contributed by atoms with Crippen LogP contribution in [0.4, 0.5) is 5.69 Å². The molecule has 0 aliphatic carbocycles. The molecule has 0 radical (unpaired) electrons. The lowest BCUT2D eigenvalue weighted by Crippen LogP contribution is -2.34. The van der Waals surface area contributed by atoms with Gasteiger partial charge in [0.2, 0.25) is 5.89 Å². The normalized spacial score (nSPS) is 10.6. The van der Waals surface area contributed by atoms with Crippen LogP contribution in [0, 0.1) is 3.57 Å². The van der Waals surface area contributed by atoms with Gasteiger partial charge in [0.25, 0.3) is 5.91 Å². The van der Waals surface area contributed by atoms with Crippen LogP contribution in [0.3, 0.4) is 0 Å². The molecule has 0 saturated carbocycles. The molecule has 0 unspecified atom stereocenters. The molecule has 3 aromatic carbocycles. The number of methoxy groups -OCH3 is 2. The number of benzene rings is 3. The van der Waals surface area contributed by atoms with Gasteiger partial charge in [-0.3, -0.25) is 10.1 Å². The summed E-state index contributed by atoms with van der Waals surface area (Å²) in [5.74, 6) is 1.12. The predicted molar refractivity (Wildman–Crippen MR) is 135 cm³/mol. The number of amides is 1. The molecule has 2 N–H and O–H groups in total. The molecule has 1 aromatic heterocycles. The molecule has 7 nitrogen and oxygen atoms in total. The Kier molecular flexibility index (Phi) is 6.56. The highest BCUT2D eigenvalue weighted by Gasteiger charge is 2.15. The largest absolute Gasteiger partial charge is 0.497 e. The number of aromatic nitrogens is 1. The van der Waals surface area contributed by atoms with E-state index in [4.69, 9.17) is 26.1 Å². The molecule has 4 aromatic rings. The second kappa shape index (κ2) is 9.53. The monoisotopic (exact) mass is 559 g/mol. The quantitative estimate of drug-likeness (QED) is 0.256. The van der Waals surface area contributed by atoms with E-state index in [1.54, 1.807) is 37.4 Å². The first-order valence-corrected chi connectivity index (χ1v) is 11.0. The van der Waals surface area contributed by atoms with Crippen molar-refractivity contribution in [2.24, 2.45) is 0 Å². The number of halogens is 1. The summed E-state index contributed by atoms with van der Waals surface area (Å²) in [5.41, 5.74) is 3.24. The van der Waals surface area contributed by atoms with Gasteiger partial charge in [-0.05, 0) is 83.3 Å². The Balaban J connectivity index is 1.48. The van der Waals surface area contributed by atoms with Crippen molar-refractivity contribution in [1.29, 1.82) is 0 Å². The van der Waals surface area contributed by atoms with Gasteiger partial charge in [0.15, 0.2) is 10.7 Å². The smallest absolute Gasteiger partial charge is 0.261 e. The van der Waals surface area contributed by atoms with Crippen molar-refractivity contribution in [3.63, 3.8) is 0 Å². The summed E-state index contributed by atoms with van der Waals surface area (Å²) >= 11 is 7.55. The van der Waals surface area contributed by atoms with Crippen LogP contribution in [0.5, 0.6) is 11.5 Å². The van der Waals surface area contributed by atoms with Crippen molar-refractivity contribution >= 4 is 62.6 Å². The van der Waals surface area contributed by atoms with Crippen LogP contribution in [0.15, 0.2) is 65.1 Å². The van der Waals surface area contributed by atoms with E-state index in [1.165, 1.54) is 7.11 Å². The number of fused-ring (bicyclic) bond motifs is 1. The minimum atomic E-state index is -0.398. The molecule has 0 saturated heterocycles. The first kappa shape index (κ1) is 22.0. The van der Waals surface area contributed by atoms with Crippen molar-refractivity contribution < 1.29 is 18.7 Å². The van der Waals surface area contributed by atoms with Gasteiger partial charge in [-0.15, -0.1) is 0 Å². The van der Waals surface area contributed by atoms with Crippen molar-refractivity contribution in [3.8, 4) is 23.0 Å². The number of hydrogen-bond acceptors (Lipinski definition) is 6. The highest BCUT2D eigenvalue weighted by Crippen LogP contribution is 2.27. The SMILES string of the molecule is COc1ccc(C(=O)NC(=S)Nc2ccc3oc(-c4cccc(I)c4)nc3c2)c(OC)c1. The van der Waals surface area contributed by atoms with Gasteiger partial charge in [0.05, 0.1) is 19.8 Å². The lowest BCUT2D eigenvalue weighted by Gasteiger charge is -2.12. The van der Waals surface area contributed by atoms with Crippen LogP contribution in [0.2, 0.25) is 0 Å². The molecule has 0 fully saturated rings. The molecule has 0 bridgehead atoms. The van der Waals surface area contributed by atoms with Gasteiger partial charge in [-0.1, -0.05) is 6.07 Å². The summed E-state index contributed by atoms with van der Waals surface area (Å²) in [5, 5.41) is 5.81. The van der Waals surface area contributed by atoms with Gasteiger partial charge >= 0.3 is 0 Å². The average Bonchev–Trinajstić information content (AvgIpc) is 3.22. The van der Waals surface area contributed by atoms with E-state index in [-0.39, 0.29) is 5.11 Å². The van der Waals surface area contributed by atoms with Crippen LogP contribution in [-0.4, -0.2) is 30.2 Å². The third-order valence-corrected chi connectivity index (χ3v) is 5.47. The van der Waals surface area contributed by atoms with Gasteiger partial charge in [0, 0.05) is 20.9 Å². The molecule has 0 atom stereocenters. The number of ether oxygens (including phenoxy) is 2. The minimum Gasteiger partial charge on any atom is -0.497 e. The number of hydrogen-bond donors (Lipinski definition) is 2. The third kappa shape index (κ3) is 4.83. The Morgan fingerprint density at radius 2 is 1.91 bits per heavy atom. The topological polar surface area (TPSA) is 85.6 Å². The number of carbonyl (C=O) groups is 1. The molecule has 1 amide bonds.